The summed E-state index contributed by atoms with van der Waals surface area (Å²) in [6.45, 7) is 6.03. The number of carbonyl (C=O) groups excluding carboxylic acids is 1. The summed E-state index contributed by atoms with van der Waals surface area (Å²) in [7, 11) is 0. The van der Waals surface area contributed by atoms with E-state index in [1.165, 1.54) is 0 Å². The van der Waals surface area contributed by atoms with Gasteiger partial charge in [-0.25, -0.2) is 15.6 Å². The minimum absolute atomic E-state index is 0.397. The molecule has 0 aliphatic heterocycles. The van der Waals surface area contributed by atoms with Crippen molar-refractivity contribution in [2.75, 3.05) is 12.0 Å². The highest BCUT2D eigenvalue weighted by Gasteiger charge is 2.14. The van der Waals surface area contributed by atoms with Gasteiger partial charge < -0.3 is 15.5 Å². The Kier molecular flexibility index (Phi) is 5.99. The largest absolute Gasteiger partial charge is 0.444 e. The number of hydrogen-bond acceptors (Lipinski definition) is 5. The Labute approximate surface area is 119 Å². The van der Waals surface area contributed by atoms with Gasteiger partial charge in [-0.15, -0.1) is 0 Å². The number of nitrogens with zero attached hydrogens (tertiary/aromatic N) is 1. The Morgan fingerprint density at radius 3 is 2.75 bits per heavy atom. The zero-order valence-electron chi connectivity index (χ0n) is 12.1. The second-order valence-electron chi connectivity index (χ2n) is 5.24. The predicted molar refractivity (Wildman–Crippen MR) is 79.9 cm³/mol. The number of ether oxygens (including phenoxy) is 1. The number of nitrogens with two attached hydrogens (primary N) is 1. The molecule has 110 valence electrons. The average molecular weight is 278 g/mol. The van der Waals surface area contributed by atoms with Crippen LogP contribution in [0.4, 0.5) is 10.6 Å². The third-order valence-corrected chi connectivity index (χ3v) is 2.22. The first-order chi connectivity index (χ1) is 9.40. The van der Waals surface area contributed by atoms with E-state index in [9.17, 15) is 4.79 Å². The van der Waals surface area contributed by atoms with E-state index >= 15 is 0 Å². The van der Waals surface area contributed by atoms with Crippen LogP contribution in [0.25, 0.3) is 6.08 Å². The fourth-order valence-electron chi connectivity index (χ4n) is 1.38. The van der Waals surface area contributed by atoms with Crippen LogP contribution in [0.15, 0.2) is 24.4 Å². The van der Waals surface area contributed by atoms with Crippen LogP contribution in [-0.2, 0) is 4.74 Å². The number of hydrazine groups is 1. The molecule has 6 nitrogen and oxygen atoms in total. The van der Waals surface area contributed by atoms with E-state index in [1.807, 2.05) is 39.0 Å². The summed E-state index contributed by atoms with van der Waals surface area (Å²) in [6, 6.07) is 3.69. The molecule has 0 spiro atoms. The highest BCUT2D eigenvalue weighted by molar-refractivity contribution is 5.67. The first-order valence-electron chi connectivity index (χ1n) is 6.47. The molecule has 1 rings (SSSR count). The maximum absolute atomic E-state index is 11.4. The molecule has 6 heteroatoms. The minimum Gasteiger partial charge on any atom is -0.444 e. The van der Waals surface area contributed by atoms with E-state index in [1.54, 1.807) is 12.3 Å². The number of amides is 1. The summed E-state index contributed by atoms with van der Waals surface area (Å²) >= 11 is 0. The molecular weight excluding hydrogens is 256 g/mol. The lowest BCUT2D eigenvalue weighted by molar-refractivity contribution is 0.0529. The summed E-state index contributed by atoms with van der Waals surface area (Å²) in [5.41, 5.74) is 2.97. The van der Waals surface area contributed by atoms with Crippen LogP contribution in [0.5, 0.6) is 0 Å². The molecule has 1 heterocycles. The lowest BCUT2D eigenvalue weighted by atomic mass is 10.2. The number of nitrogen functional groups attached to an aromatic ring is 1. The van der Waals surface area contributed by atoms with E-state index in [2.05, 4.69) is 15.7 Å². The number of hydrogen-bond donors (Lipinski definition) is 3. The number of alkyl carbamates (subject to hydrolysis) is 1. The van der Waals surface area contributed by atoms with Crippen LogP contribution in [0.2, 0.25) is 0 Å². The van der Waals surface area contributed by atoms with Gasteiger partial charge in [-0.3, -0.25) is 0 Å². The first kappa shape index (κ1) is 16.0. The van der Waals surface area contributed by atoms with Crippen molar-refractivity contribution in [2.45, 2.75) is 32.8 Å². The van der Waals surface area contributed by atoms with Crippen LogP contribution < -0.4 is 16.6 Å². The molecular formula is C14H22N4O2. The molecule has 0 aliphatic rings. The molecule has 0 saturated carbocycles. The Morgan fingerprint density at radius 2 is 2.20 bits per heavy atom. The summed E-state index contributed by atoms with van der Waals surface area (Å²) in [4.78, 5) is 15.5. The second kappa shape index (κ2) is 7.49. The zero-order valence-corrected chi connectivity index (χ0v) is 12.1. The smallest absolute Gasteiger partial charge is 0.407 e. The molecule has 0 saturated heterocycles. The van der Waals surface area contributed by atoms with E-state index < -0.39 is 11.7 Å². The van der Waals surface area contributed by atoms with Crippen LogP contribution in [0.3, 0.4) is 0 Å². The molecule has 0 bridgehead atoms. The molecule has 0 aliphatic carbocycles. The van der Waals surface area contributed by atoms with Gasteiger partial charge in [-0.1, -0.05) is 12.2 Å². The van der Waals surface area contributed by atoms with Crippen molar-refractivity contribution in [2.24, 2.45) is 5.84 Å². The van der Waals surface area contributed by atoms with Crippen LogP contribution in [0.1, 0.15) is 32.8 Å². The number of carbonyl (C=O) groups is 1. The lowest BCUT2D eigenvalue weighted by Crippen LogP contribution is -2.32. The second-order valence-corrected chi connectivity index (χ2v) is 5.24. The van der Waals surface area contributed by atoms with E-state index in [4.69, 9.17) is 10.6 Å². The number of pyridine rings is 1. The SMILES string of the molecule is CC(C)(C)OC(=O)NCCC=Cc1ccc(NN)nc1. The highest BCUT2D eigenvalue weighted by Crippen LogP contribution is 2.07. The van der Waals surface area contributed by atoms with Gasteiger partial charge in [-0.05, 0) is 44.9 Å². The van der Waals surface area contributed by atoms with Crippen molar-refractivity contribution in [3.63, 3.8) is 0 Å². The van der Waals surface area contributed by atoms with Crippen molar-refractivity contribution >= 4 is 18.0 Å². The average Bonchev–Trinajstić information content (AvgIpc) is 2.37. The quantitative estimate of drug-likeness (QED) is 0.437. The molecule has 4 N–H and O–H groups in total. The van der Waals surface area contributed by atoms with E-state index in [0.717, 1.165) is 12.0 Å². The van der Waals surface area contributed by atoms with Gasteiger partial charge in [0.05, 0.1) is 0 Å². The molecule has 1 aromatic heterocycles. The summed E-state index contributed by atoms with van der Waals surface area (Å²) in [5.74, 6) is 5.85. The third kappa shape index (κ3) is 6.75. The number of nitrogens with one attached hydrogen (secondary N) is 2. The molecule has 0 aromatic carbocycles. The van der Waals surface area contributed by atoms with Crippen molar-refractivity contribution < 1.29 is 9.53 Å². The standard InChI is InChI=1S/C14H22N4O2/c1-14(2,3)20-13(19)16-9-5-4-6-11-7-8-12(18-15)17-10-11/h4,6-8,10H,5,9,15H2,1-3H3,(H,16,19)(H,17,18). The monoisotopic (exact) mass is 278 g/mol. The fraction of sp³-hybridized carbons (Fsp3) is 0.429. The van der Waals surface area contributed by atoms with Gasteiger partial charge in [0.15, 0.2) is 0 Å². The van der Waals surface area contributed by atoms with E-state index in [-0.39, 0.29) is 0 Å². The Morgan fingerprint density at radius 1 is 1.45 bits per heavy atom. The molecule has 0 unspecified atom stereocenters. The topological polar surface area (TPSA) is 89.3 Å². The van der Waals surface area contributed by atoms with Crippen LogP contribution >= 0.6 is 0 Å². The van der Waals surface area contributed by atoms with Crippen LogP contribution in [0, 0.1) is 0 Å². The van der Waals surface area contributed by atoms with Crippen LogP contribution in [-0.4, -0.2) is 23.2 Å². The van der Waals surface area contributed by atoms with Gasteiger partial charge in [0.1, 0.15) is 11.4 Å². The third-order valence-electron chi connectivity index (χ3n) is 2.22. The predicted octanol–water partition coefficient (Wildman–Crippen LogP) is 2.30. The molecule has 0 radical (unpaired) electrons. The van der Waals surface area contributed by atoms with Gasteiger partial charge in [0.2, 0.25) is 0 Å². The normalized spacial score (nSPS) is 11.4. The first-order valence-corrected chi connectivity index (χ1v) is 6.47. The minimum atomic E-state index is -0.468. The van der Waals surface area contributed by atoms with Crippen molar-refractivity contribution in [1.82, 2.24) is 10.3 Å². The number of rotatable bonds is 5. The molecule has 20 heavy (non-hydrogen) atoms. The maximum atomic E-state index is 11.4. The Hall–Kier alpha value is -2.08. The molecule has 1 amide bonds. The maximum Gasteiger partial charge on any atom is 0.407 e. The molecule has 0 fully saturated rings. The highest BCUT2D eigenvalue weighted by atomic mass is 16.6. The lowest BCUT2D eigenvalue weighted by Gasteiger charge is -2.19. The van der Waals surface area contributed by atoms with Gasteiger partial charge in [0.25, 0.3) is 0 Å². The summed E-state index contributed by atoms with van der Waals surface area (Å²) in [6.07, 6.45) is 5.93. The fourth-order valence-corrected chi connectivity index (χ4v) is 1.38. The number of aromatic nitrogens is 1. The summed E-state index contributed by atoms with van der Waals surface area (Å²) < 4.78 is 5.13. The molecule has 0 atom stereocenters. The number of anilines is 1. The van der Waals surface area contributed by atoms with Crippen molar-refractivity contribution in [1.29, 1.82) is 0 Å². The van der Waals surface area contributed by atoms with Gasteiger partial charge in [-0.2, -0.15) is 0 Å². The Bertz CT molecular complexity index is 449. The van der Waals surface area contributed by atoms with Crippen molar-refractivity contribution in [3.8, 4) is 0 Å². The van der Waals surface area contributed by atoms with Crippen molar-refractivity contribution in [3.05, 3.63) is 30.0 Å². The summed E-state index contributed by atoms with van der Waals surface area (Å²) in [5, 5.41) is 2.69. The van der Waals surface area contributed by atoms with Gasteiger partial charge in [0, 0.05) is 12.7 Å². The Balaban J connectivity index is 2.26. The van der Waals surface area contributed by atoms with E-state index in [0.29, 0.717) is 12.4 Å². The van der Waals surface area contributed by atoms with Gasteiger partial charge >= 0.3 is 6.09 Å². The molecule has 1 aromatic rings. The zero-order chi connectivity index (χ0) is 15.0.